The van der Waals surface area contributed by atoms with E-state index in [2.05, 4.69) is 15.4 Å². The predicted octanol–water partition coefficient (Wildman–Crippen LogP) is 4.61. The van der Waals surface area contributed by atoms with Crippen LogP contribution in [0, 0.1) is 5.82 Å². The minimum Gasteiger partial charge on any atom is -0.367 e. The van der Waals surface area contributed by atoms with Crippen LogP contribution in [-0.4, -0.2) is 27.8 Å². The molecule has 0 spiro atoms. The molecular weight excluding hydrogens is 395 g/mol. The Balaban J connectivity index is 1.79. The number of amides is 1. The molecule has 1 amide bonds. The van der Waals surface area contributed by atoms with Crippen LogP contribution in [0.4, 0.5) is 10.2 Å². The SMILES string of the molecule is COC(C(=O)Nc1c(-c2ccncc2)c(-c2ccc(F)cc2)nn1C)c1ccccc1. The van der Waals surface area contributed by atoms with E-state index in [0.29, 0.717) is 17.1 Å². The van der Waals surface area contributed by atoms with E-state index in [9.17, 15) is 9.18 Å². The molecule has 1 N–H and O–H groups in total. The maximum Gasteiger partial charge on any atom is 0.259 e. The highest BCUT2D eigenvalue weighted by molar-refractivity contribution is 6.00. The van der Waals surface area contributed by atoms with Crippen LogP contribution in [0.15, 0.2) is 79.1 Å². The molecule has 0 bridgehead atoms. The second kappa shape index (κ2) is 8.89. The van der Waals surface area contributed by atoms with Crippen molar-refractivity contribution in [3.05, 3.63) is 90.5 Å². The summed E-state index contributed by atoms with van der Waals surface area (Å²) in [6, 6.07) is 19.0. The lowest BCUT2D eigenvalue weighted by molar-refractivity contribution is -0.126. The lowest BCUT2D eigenvalue weighted by Crippen LogP contribution is -2.24. The maximum atomic E-state index is 13.5. The van der Waals surface area contributed by atoms with Gasteiger partial charge in [0.2, 0.25) is 0 Å². The number of pyridine rings is 1. The summed E-state index contributed by atoms with van der Waals surface area (Å²) in [7, 11) is 3.24. The van der Waals surface area contributed by atoms with Gasteiger partial charge in [-0.1, -0.05) is 30.3 Å². The molecule has 0 aliphatic rings. The number of carbonyl (C=O) groups excluding carboxylic acids is 1. The Bertz CT molecular complexity index is 1180. The Hall–Kier alpha value is -3.84. The first-order valence-corrected chi connectivity index (χ1v) is 9.70. The number of rotatable bonds is 6. The first kappa shape index (κ1) is 20.4. The minimum absolute atomic E-state index is 0.322. The normalized spacial score (nSPS) is 11.8. The number of halogens is 1. The van der Waals surface area contributed by atoms with Crippen molar-refractivity contribution in [2.24, 2.45) is 7.05 Å². The maximum absolute atomic E-state index is 13.5. The van der Waals surface area contributed by atoms with Crippen molar-refractivity contribution >= 4 is 11.7 Å². The minimum atomic E-state index is -0.782. The third-order valence-electron chi connectivity index (χ3n) is 4.95. The fourth-order valence-electron chi connectivity index (χ4n) is 3.47. The summed E-state index contributed by atoms with van der Waals surface area (Å²) < 4.78 is 20.5. The Morgan fingerprint density at radius 2 is 1.68 bits per heavy atom. The van der Waals surface area contributed by atoms with Gasteiger partial charge in [-0.15, -0.1) is 0 Å². The molecule has 1 unspecified atom stereocenters. The van der Waals surface area contributed by atoms with Gasteiger partial charge in [-0.3, -0.25) is 14.5 Å². The molecule has 0 fully saturated rings. The van der Waals surface area contributed by atoms with Gasteiger partial charge < -0.3 is 10.1 Å². The highest BCUT2D eigenvalue weighted by Gasteiger charge is 2.25. The van der Waals surface area contributed by atoms with Crippen molar-refractivity contribution < 1.29 is 13.9 Å². The van der Waals surface area contributed by atoms with Crippen molar-refractivity contribution in [2.45, 2.75) is 6.10 Å². The average Bonchev–Trinajstić information content (AvgIpc) is 3.12. The van der Waals surface area contributed by atoms with Gasteiger partial charge >= 0.3 is 0 Å². The Kier molecular flexibility index (Phi) is 5.86. The fourth-order valence-corrected chi connectivity index (χ4v) is 3.47. The lowest BCUT2D eigenvalue weighted by Gasteiger charge is -2.16. The van der Waals surface area contributed by atoms with Gasteiger partial charge in [-0.05, 0) is 47.5 Å². The van der Waals surface area contributed by atoms with Crippen LogP contribution in [0.5, 0.6) is 0 Å². The van der Waals surface area contributed by atoms with Gasteiger partial charge in [0.1, 0.15) is 17.3 Å². The highest BCUT2D eigenvalue weighted by atomic mass is 19.1. The van der Waals surface area contributed by atoms with E-state index in [0.717, 1.165) is 16.7 Å². The number of hydrogen-bond acceptors (Lipinski definition) is 4. The fraction of sp³-hybridized carbons (Fsp3) is 0.125. The van der Waals surface area contributed by atoms with Crippen LogP contribution in [-0.2, 0) is 16.6 Å². The molecule has 6 nitrogen and oxygen atoms in total. The van der Waals surface area contributed by atoms with Crippen LogP contribution in [0.25, 0.3) is 22.4 Å². The van der Waals surface area contributed by atoms with E-state index in [-0.39, 0.29) is 11.7 Å². The Morgan fingerprint density at radius 3 is 2.32 bits per heavy atom. The number of hydrogen-bond donors (Lipinski definition) is 1. The second-order valence-electron chi connectivity index (χ2n) is 6.95. The van der Waals surface area contributed by atoms with Crippen LogP contribution >= 0.6 is 0 Å². The summed E-state index contributed by atoms with van der Waals surface area (Å²) in [5.74, 6) is -0.143. The van der Waals surface area contributed by atoms with E-state index >= 15 is 0 Å². The standard InChI is InChI=1S/C24H21FN4O2/c1-29-23(27-24(30)22(31-2)18-6-4-3-5-7-18)20(16-12-14-26-15-13-16)21(28-29)17-8-10-19(25)11-9-17/h3-15,22H,1-2H3,(H,27,30). The predicted molar refractivity (Wildman–Crippen MR) is 117 cm³/mol. The van der Waals surface area contributed by atoms with Gasteiger partial charge in [0, 0.05) is 32.1 Å². The second-order valence-corrected chi connectivity index (χ2v) is 6.95. The summed E-state index contributed by atoms with van der Waals surface area (Å²) in [6.07, 6.45) is 2.56. The van der Waals surface area contributed by atoms with Gasteiger partial charge in [0.05, 0.1) is 5.56 Å². The summed E-state index contributed by atoms with van der Waals surface area (Å²) in [5, 5.41) is 7.59. The van der Waals surface area contributed by atoms with Gasteiger partial charge in [0.25, 0.3) is 5.91 Å². The summed E-state index contributed by atoms with van der Waals surface area (Å²) in [6.45, 7) is 0. The van der Waals surface area contributed by atoms with Crippen LogP contribution in [0.3, 0.4) is 0 Å². The monoisotopic (exact) mass is 416 g/mol. The zero-order valence-corrected chi connectivity index (χ0v) is 17.1. The van der Waals surface area contributed by atoms with E-state index in [1.165, 1.54) is 19.2 Å². The number of methoxy groups -OCH3 is 1. The van der Waals surface area contributed by atoms with Crippen LogP contribution in [0.1, 0.15) is 11.7 Å². The van der Waals surface area contributed by atoms with Crippen molar-refractivity contribution in [1.82, 2.24) is 14.8 Å². The van der Waals surface area contributed by atoms with Crippen molar-refractivity contribution in [1.29, 1.82) is 0 Å². The van der Waals surface area contributed by atoms with Gasteiger partial charge in [-0.25, -0.2) is 4.39 Å². The number of aryl methyl sites for hydroxylation is 1. The number of nitrogens with one attached hydrogen (secondary N) is 1. The molecular formula is C24H21FN4O2. The van der Waals surface area contributed by atoms with E-state index in [4.69, 9.17) is 4.74 Å². The molecule has 2 aromatic heterocycles. The molecule has 1 atom stereocenters. The molecule has 0 saturated carbocycles. The molecule has 7 heteroatoms. The number of benzene rings is 2. The molecule has 2 aromatic carbocycles. The molecule has 0 saturated heterocycles. The van der Waals surface area contributed by atoms with Crippen molar-refractivity contribution in [3.8, 4) is 22.4 Å². The Labute approximate surface area is 179 Å². The first-order valence-electron chi connectivity index (χ1n) is 9.70. The average molecular weight is 416 g/mol. The number of nitrogens with zero attached hydrogens (tertiary/aromatic N) is 3. The largest absolute Gasteiger partial charge is 0.367 e. The molecule has 0 aliphatic heterocycles. The number of anilines is 1. The van der Waals surface area contributed by atoms with E-state index < -0.39 is 6.10 Å². The van der Waals surface area contributed by atoms with Gasteiger partial charge in [0.15, 0.2) is 6.10 Å². The quantitative estimate of drug-likeness (QED) is 0.498. The molecule has 4 rings (SSSR count). The Morgan fingerprint density at radius 1 is 1.00 bits per heavy atom. The topological polar surface area (TPSA) is 69.0 Å². The van der Waals surface area contributed by atoms with Crippen LogP contribution < -0.4 is 5.32 Å². The third-order valence-corrected chi connectivity index (χ3v) is 4.95. The third kappa shape index (κ3) is 4.22. The molecule has 0 radical (unpaired) electrons. The lowest BCUT2D eigenvalue weighted by atomic mass is 10.0. The zero-order valence-electron chi connectivity index (χ0n) is 17.1. The smallest absolute Gasteiger partial charge is 0.259 e. The summed E-state index contributed by atoms with van der Waals surface area (Å²) in [5.41, 5.74) is 3.64. The molecule has 2 heterocycles. The van der Waals surface area contributed by atoms with Gasteiger partial charge in [-0.2, -0.15) is 5.10 Å². The zero-order chi connectivity index (χ0) is 21.8. The number of aromatic nitrogens is 3. The number of ether oxygens (including phenoxy) is 1. The summed E-state index contributed by atoms with van der Waals surface area (Å²) in [4.78, 5) is 17.2. The molecule has 0 aliphatic carbocycles. The number of carbonyl (C=O) groups is 1. The summed E-state index contributed by atoms with van der Waals surface area (Å²) >= 11 is 0. The first-order chi connectivity index (χ1) is 15.1. The highest BCUT2D eigenvalue weighted by Crippen LogP contribution is 2.37. The van der Waals surface area contributed by atoms with Crippen molar-refractivity contribution in [2.75, 3.05) is 12.4 Å². The molecule has 4 aromatic rings. The van der Waals surface area contributed by atoms with Crippen LogP contribution in [0.2, 0.25) is 0 Å². The molecule has 31 heavy (non-hydrogen) atoms. The van der Waals surface area contributed by atoms with Crippen molar-refractivity contribution in [3.63, 3.8) is 0 Å². The van der Waals surface area contributed by atoms with E-state index in [1.807, 2.05) is 42.5 Å². The molecule has 156 valence electrons. The van der Waals surface area contributed by atoms with E-state index in [1.54, 1.807) is 36.3 Å².